The number of nitrogens with one attached hydrogen (secondary N) is 1. The molecule has 0 unspecified atom stereocenters. The fraction of sp³-hybridized carbons (Fsp3) is 0.350. The summed E-state index contributed by atoms with van der Waals surface area (Å²) in [7, 11) is 0. The molecule has 2 aromatic rings. The quantitative estimate of drug-likeness (QED) is 0.853. The molecular formula is C20H23ClN2O3. The van der Waals surface area contributed by atoms with Gasteiger partial charge in [-0.1, -0.05) is 23.7 Å². The van der Waals surface area contributed by atoms with Gasteiger partial charge in [-0.05, 0) is 50.2 Å². The van der Waals surface area contributed by atoms with Crippen molar-refractivity contribution in [2.24, 2.45) is 0 Å². The molecule has 138 valence electrons. The van der Waals surface area contributed by atoms with E-state index in [0.717, 1.165) is 18.8 Å². The standard InChI is InChI=1S/C20H23ClN2O3/c1-14-11-23(12-15(2)25-14)13-20(24)22-16-7-9-17(10-8-16)26-19-6-4-3-5-18(19)21/h3-10,14-15H,11-13H2,1-2H3,(H,22,24)/t14-,15+. The number of benzene rings is 2. The normalized spacial score (nSPS) is 20.6. The average molecular weight is 375 g/mol. The number of nitrogens with zero attached hydrogens (tertiary/aromatic N) is 1. The molecule has 0 bridgehead atoms. The molecule has 1 heterocycles. The number of carbonyl (C=O) groups is 1. The van der Waals surface area contributed by atoms with E-state index in [2.05, 4.69) is 10.2 Å². The molecule has 2 aromatic carbocycles. The van der Waals surface area contributed by atoms with Crippen LogP contribution in [0.25, 0.3) is 0 Å². The van der Waals surface area contributed by atoms with Gasteiger partial charge in [0.15, 0.2) is 0 Å². The van der Waals surface area contributed by atoms with Crippen molar-refractivity contribution in [1.82, 2.24) is 4.90 Å². The number of halogens is 1. The molecule has 1 aliphatic rings. The van der Waals surface area contributed by atoms with Crippen LogP contribution in [0.2, 0.25) is 5.02 Å². The first-order chi connectivity index (χ1) is 12.5. The maximum atomic E-state index is 12.3. The highest BCUT2D eigenvalue weighted by atomic mass is 35.5. The molecule has 1 N–H and O–H groups in total. The van der Waals surface area contributed by atoms with Crippen LogP contribution in [0.5, 0.6) is 11.5 Å². The van der Waals surface area contributed by atoms with Crippen LogP contribution in [0, 0.1) is 0 Å². The average Bonchev–Trinajstić information content (AvgIpc) is 2.57. The van der Waals surface area contributed by atoms with Crippen molar-refractivity contribution in [3.05, 3.63) is 53.6 Å². The van der Waals surface area contributed by atoms with Gasteiger partial charge in [0.05, 0.1) is 23.8 Å². The topological polar surface area (TPSA) is 50.8 Å². The molecule has 0 radical (unpaired) electrons. The largest absolute Gasteiger partial charge is 0.456 e. The van der Waals surface area contributed by atoms with Crippen LogP contribution in [0.4, 0.5) is 5.69 Å². The third-order valence-corrected chi connectivity index (χ3v) is 4.38. The summed E-state index contributed by atoms with van der Waals surface area (Å²) in [5, 5.41) is 3.47. The summed E-state index contributed by atoms with van der Waals surface area (Å²) in [6, 6.07) is 14.5. The molecule has 1 aliphatic heterocycles. The van der Waals surface area contributed by atoms with Crippen molar-refractivity contribution >= 4 is 23.2 Å². The van der Waals surface area contributed by atoms with Crippen molar-refractivity contribution in [3.8, 4) is 11.5 Å². The molecular weight excluding hydrogens is 352 g/mol. The number of rotatable bonds is 5. The smallest absolute Gasteiger partial charge is 0.238 e. The Morgan fingerprint density at radius 1 is 1.15 bits per heavy atom. The van der Waals surface area contributed by atoms with E-state index in [-0.39, 0.29) is 18.1 Å². The lowest BCUT2D eigenvalue weighted by molar-refractivity contribution is -0.121. The Labute approximate surface area is 158 Å². The zero-order valence-electron chi connectivity index (χ0n) is 14.9. The van der Waals surface area contributed by atoms with Gasteiger partial charge in [0.25, 0.3) is 0 Å². The van der Waals surface area contributed by atoms with E-state index in [1.807, 2.05) is 44.2 Å². The highest BCUT2D eigenvalue weighted by Gasteiger charge is 2.23. The van der Waals surface area contributed by atoms with Gasteiger partial charge in [-0.2, -0.15) is 0 Å². The number of carbonyl (C=O) groups excluding carboxylic acids is 1. The molecule has 6 heteroatoms. The number of morpholine rings is 1. The van der Waals surface area contributed by atoms with Crippen molar-refractivity contribution in [2.75, 3.05) is 25.0 Å². The molecule has 0 spiro atoms. The Morgan fingerprint density at radius 2 is 1.81 bits per heavy atom. The summed E-state index contributed by atoms with van der Waals surface area (Å²) in [5.74, 6) is 1.22. The van der Waals surface area contributed by atoms with Gasteiger partial charge in [-0.25, -0.2) is 0 Å². The second kappa shape index (κ2) is 8.54. The van der Waals surface area contributed by atoms with Gasteiger partial charge in [0.1, 0.15) is 11.5 Å². The molecule has 2 atom stereocenters. The molecule has 5 nitrogen and oxygen atoms in total. The van der Waals surface area contributed by atoms with Gasteiger partial charge >= 0.3 is 0 Å². The van der Waals surface area contributed by atoms with Crippen LogP contribution in [-0.4, -0.2) is 42.6 Å². The second-order valence-corrected chi connectivity index (χ2v) is 6.96. The van der Waals surface area contributed by atoms with Gasteiger partial charge in [0.2, 0.25) is 5.91 Å². The third-order valence-electron chi connectivity index (χ3n) is 4.06. The zero-order valence-corrected chi connectivity index (χ0v) is 15.7. The summed E-state index contributed by atoms with van der Waals surface area (Å²) in [5.41, 5.74) is 0.732. The highest BCUT2D eigenvalue weighted by Crippen LogP contribution is 2.29. The van der Waals surface area contributed by atoms with E-state index in [4.69, 9.17) is 21.1 Å². The van der Waals surface area contributed by atoms with E-state index in [1.165, 1.54) is 0 Å². The predicted molar refractivity (Wildman–Crippen MR) is 103 cm³/mol. The third kappa shape index (κ3) is 5.21. The number of ether oxygens (including phenoxy) is 2. The Hall–Kier alpha value is -2.08. The van der Waals surface area contributed by atoms with Crippen molar-refractivity contribution < 1.29 is 14.3 Å². The Balaban J connectivity index is 1.54. The van der Waals surface area contributed by atoms with Gasteiger partial charge < -0.3 is 14.8 Å². The van der Waals surface area contributed by atoms with Crippen molar-refractivity contribution in [2.45, 2.75) is 26.1 Å². The van der Waals surface area contributed by atoms with Gasteiger partial charge in [-0.3, -0.25) is 9.69 Å². The second-order valence-electron chi connectivity index (χ2n) is 6.56. The summed E-state index contributed by atoms with van der Waals surface area (Å²) in [4.78, 5) is 14.4. The number of anilines is 1. The minimum atomic E-state index is -0.0360. The van der Waals surface area contributed by atoms with E-state index in [0.29, 0.717) is 23.1 Å². The SMILES string of the molecule is C[C@@H]1CN(CC(=O)Nc2ccc(Oc3ccccc3Cl)cc2)C[C@H](C)O1. The predicted octanol–water partition coefficient (Wildman–Crippen LogP) is 4.18. The van der Waals surface area contributed by atoms with Crippen LogP contribution >= 0.6 is 11.6 Å². The molecule has 1 fully saturated rings. The van der Waals surface area contributed by atoms with E-state index < -0.39 is 0 Å². The fourth-order valence-corrected chi connectivity index (χ4v) is 3.25. The van der Waals surface area contributed by atoms with Crippen LogP contribution in [0.1, 0.15) is 13.8 Å². The van der Waals surface area contributed by atoms with Crippen molar-refractivity contribution in [1.29, 1.82) is 0 Å². The molecule has 0 aromatic heterocycles. The fourth-order valence-electron chi connectivity index (χ4n) is 3.08. The number of para-hydroxylation sites is 1. The molecule has 26 heavy (non-hydrogen) atoms. The zero-order chi connectivity index (χ0) is 18.5. The van der Waals surface area contributed by atoms with Gasteiger partial charge in [-0.15, -0.1) is 0 Å². The lowest BCUT2D eigenvalue weighted by Gasteiger charge is -2.34. The summed E-state index contributed by atoms with van der Waals surface area (Å²) >= 11 is 6.09. The Kier molecular flexibility index (Phi) is 6.14. The van der Waals surface area contributed by atoms with Crippen LogP contribution < -0.4 is 10.1 Å². The minimum absolute atomic E-state index is 0.0360. The van der Waals surface area contributed by atoms with Crippen LogP contribution in [0.15, 0.2) is 48.5 Å². The lowest BCUT2D eigenvalue weighted by Crippen LogP contribution is -2.48. The molecule has 3 rings (SSSR count). The summed E-state index contributed by atoms with van der Waals surface area (Å²) in [6.07, 6.45) is 0.292. The lowest BCUT2D eigenvalue weighted by atomic mass is 10.2. The van der Waals surface area contributed by atoms with Gasteiger partial charge in [0, 0.05) is 18.8 Å². The number of hydrogen-bond acceptors (Lipinski definition) is 4. The number of hydrogen-bond donors (Lipinski definition) is 1. The van der Waals surface area contributed by atoms with Crippen molar-refractivity contribution in [3.63, 3.8) is 0 Å². The summed E-state index contributed by atoms with van der Waals surface area (Å²) < 4.78 is 11.4. The van der Waals surface area contributed by atoms with E-state index in [1.54, 1.807) is 18.2 Å². The van der Waals surface area contributed by atoms with Crippen LogP contribution in [-0.2, 0) is 9.53 Å². The first kappa shape index (κ1) is 18.7. The first-order valence-corrected chi connectivity index (χ1v) is 9.07. The highest BCUT2D eigenvalue weighted by molar-refractivity contribution is 6.32. The van der Waals surface area contributed by atoms with Crippen LogP contribution in [0.3, 0.4) is 0 Å². The van der Waals surface area contributed by atoms with E-state index >= 15 is 0 Å². The Morgan fingerprint density at radius 3 is 2.46 bits per heavy atom. The first-order valence-electron chi connectivity index (χ1n) is 8.69. The van der Waals surface area contributed by atoms with E-state index in [9.17, 15) is 4.79 Å². The minimum Gasteiger partial charge on any atom is -0.456 e. The Bertz CT molecular complexity index is 741. The number of amides is 1. The molecule has 0 saturated carbocycles. The molecule has 1 amide bonds. The maximum Gasteiger partial charge on any atom is 0.238 e. The maximum absolute atomic E-state index is 12.3. The monoisotopic (exact) mass is 374 g/mol. The molecule has 0 aliphatic carbocycles. The summed E-state index contributed by atoms with van der Waals surface area (Å²) in [6.45, 7) is 5.94. The molecule has 1 saturated heterocycles.